The molecule has 0 saturated heterocycles. The Morgan fingerprint density at radius 1 is 1.53 bits per heavy atom. The average molecular weight is 205 g/mol. The minimum atomic E-state index is 0.0510. The zero-order chi connectivity index (χ0) is 10.8. The van der Waals surface area contributed by atoms with Gasteiger partial charge in [0.25, 0.3) is 0 Å². The lowest BCUT2D eigenvalue weighted by molar-refractivity contribution is 0.318. The normalized spacial score (nSPS) is 12.2. The van der Waals surface area contributed by atoms with E-state index >= 15 is 0 Å². The first kappa shape index (κ1) is 9.45. The van der Waals surface area contributed by atoms with Crippen LogP contribution in [0.2, 0.25) is 0 Å². The number of fused-ring (bicyclic) bond motifs is 1. The standard InChI is InChI=1S/C9H11N5O/c1-2-7-11-12-8-5-3-4-6(14(7)8)9(10)13-15/h3-5,15H,2H2,1H3,(H2,10,13). The smallest absolute Gasteiger partial charge is 0.187 e. The topological polar surface area (TPSA) is 88.8 Å². The molecule has 0 atom stereocenters. The molecule has 6 heteroatoms. The first-order valence-corrected chi connectivity index (χ1v) is 4.58. The Labute approximate surface area is 86.0 Å². The van der Waals surface area contributed by atoms with Crippen LogP contribution in [0.3, 0.4) is 0 Å². The van der Waals surface area contributed by atoms with Gasteiger partial charge in [-0.25, -0.2) is 0 Å². The number of oxime groups is 1. The van der Waals surface area contributed by atoms with Crippen LogP contribution in [0.5, 0.6) is 0 Å². The molecule has 0 bridgehead atoms. The Bertz CT molecular complexity index is 516. The van der Waals surface area contributed by atoms with Crippen molar-refractivity contribution in [1.29, 1.82) is 0 Å². The van der Waals surface area contributed by atoms with Gasteiger partial charge in [-0.05, 0) is 12.1 Å². The molecular weight excluding hydrogens is 194 g/mol. The van der Waals surface area contributed by atoms with Gasteiger partial charge in [-0.2, -0.15) is 0 Å². The van der Waals surface area contributed by atoms with Gasteiger partial charge in [0.2, 0.25) is 0 Å². The minimum Gasteiger partial charge on any atom is -0.409 e. The van der Waals surface area contributed by atoms with Gasteiger partial charge in [0.05, 0.1) is 5.69 Å². The van der Waals surface area contributed by atoms with Crippen molar-refractivity contribution in [2.24, 2.45) is 10.9 Å². The second-order valence-corrected chi connectivity index (χ2v) is 3.06. The Morgan fingerprint density at radius 3 is 3.00 bits per heavy atom. The van der Waals surface area contributed by atoms with Crippen LogP contribution in [-0.4, -0.2) is 25.6 Å². The van der Waals surface area contributed by atoms with Crippen LogP contribution >= 0.6 is 0 Å². The molecule has 15 heavy (non-hydrogen) atoms. The SMILES string of the molecule is CCc1nnc2cccc(/C(N)=N\O)n12. The predicted octanol–water partition coefficient (Wildman–Crippen LogP) is 0.386. The van der Waals surface area contributed by atoms with Crippen molar-refractivity contribution in [3.05, 3.63) is 29.7 Å². The van der Waals surface area contributed by atoms with Crippen molar-refractivity contribution in [3.8, 4) is 0 Å². The number of pyridine rings is 1. The molecule has 0 aromatic carbocycles. The predicted molar refractivity (Wildman–Crippen MR) is 54.9 cm³/mol. The monoisotopic (exact) mass is 205 g/mol. The van der Waals surface area contributed by atoms with E-state index in [0.29, 0.717) is 11.3 Å². The van der Waals surface area contributed by atoms with E-state index < -0.39 is 0 Å². The van der Waals surface area contributed by atoms with Crippen molar-refractivity contribution in [2.45, 2.75) is 13.3 Å². The van der Waals surface area contributed by atoms with Crippen LogP contribution < -0.4 is 5.73 Å². The maximum atomic E-state index is 8.66. The van der Waals surface area contributed by atoms with Crippen LogP contribution in [-0.2, 0) is 6.42 Å². The second kappa shape index (κ2) is 3.56. The highest BCUT2D eigenvalue weighted by Gasteiger charge is 2.10. The second-order valence-electron chi connectivity index (χ2n) is 3.06. The molecule has 3 N–H and O–H groups in total. The number of amidine groups is 1. The number of nitrogens with two attached hydrogens (primary N) is 1. The first-order valence-electron chi connectivity index (χ1n) is 4.58. The molecular formula is C9H11N5O. The van der Waals surface area contributed by atoms with Crippen LogP contribution in [0.1, 0.15) is 18.4 Å². The van der Waals surface area contributed by atoms with Gasteiger partial charge in [0.1, 0.15) is 5.82 Å². The molecule has 0 saturated carbocycles. The van der Waals surface area contributed by atoms with Crippen LogP contribution in [0, 0.1) is 0 Å². The third kappa shape index (κ3) is 1.39. The molecule has 0 aliphatic carbocycles. The van der Waals surface area contributed by atoms with Gasteiger partial charge in [-0.1, -0.05) is 18.1 Å². The van der Waals surface area contributed by atoms with Crippen molar-refractivity contribution in [3.63, 3.8) is 0 Å². The van der Waals surface area contributed by atoms with E-state index in [4.69, 9.17) is 10.9 Å². The number of rotatable bonds is 2. The summed E-state index contributed by atoms with van der Waals surface area (Å²) in [4.78, 5) is 0. The maximum absolute atomic E-state index is 8.66. The quantitative estimate of drug-likeness (QED) is 0.321. The van der Waals surface area contributed by atoms with E-state index in [0.717, 1.165) is 12.2 Å². The molecule has 0 unspecified atom stereocenters. The molecule has 2 heterocycles. The molecule has 78 valence electrons. The van der Waals surface area contributed by atoms with Gasteiger partial charge < -0.3 is 10.9 Å². The summed E-state index contributed by atoms with van der Waals surface area (Å²) in [6.45, 7) is 1.97. The third-order valence-electron chi connectivity index (χ3n) is 2.18. The summed E-state index contributed by atoms with van der Waals surface area (Å²) in [7, 11) is 0. The lowest BCUT2D eigenvalue weighted by Crippen LogP contribution is -2.18. The Morgan fingerprint density at radius 2 is 2.33 bits per heavy atom. The van der Waals surface area contributed by atoms with E-state index in [9.17, 15) is 0 Å². The molecule has 0 spiro atoms. The van der Waals surface area contributed by atoms with E-state index in [1.165, 1.54) is 0 Å². The van der Waals surface area contributed by atoms with Gasteiger partial charge >= 0.3 is 0 Å². The van der Waals surface area contributed by atoms with Gasteiger partial charge in [-0.3, -0.25) is 4.40 Å². The summed E-state index contributed by atoms with van der Waals surface area (Å²) in [5, 5.41) is 19.6. The van der Waals surface area contributed by atoms with Crippen molar-refractivity contribution in [1.82, 2.24) is 14.6 Å². The largest absolute Gasteiger partial charge is 0.409 e. The van der Waals surface area contributed by atoms with E-state index in [1.807, 2.05) is 13.0 Å². The lowest BCUT2D eigenvalue weighted by atomic mass is 10.3. The zero-order valence-electron chi connectivity index (χ0n) is 8.25. The molecule has 6 nitrogen and oxygen atoms in total. The highest BCUT2D eigenvalue weighted by Crippen LogP contribution is 2.08. The fourth-order valence-electron chi connectivity index (χ4n) is 1.48. The zero-order valence-corrected chi connectivity index (χ0v) is 8.25. The summed E-state index contributed by atoms with van der Waals surface area (Å²) < 4.78 is 1.77. The van der Waals surface area contributed by atoms with E-state index in [1.54, 1.807) is 16.5 Å². The molecule has 2 aromatic rings. The Balaban J connectivity index is 2.78. The van der Waals surface area contributed by atoms with Gasteiger partial charge in [0.15, 0.2) is 11.5 Å². The van der Waals surface area contributed by atoms with Crippen molar-refractivity contribution >= 4 is 11.5 Å². The highest BCUT2D eigenvalue weighted by atomic mass is 16.4. The van der Waals surface area contributed by atoms with Gasteiger partial charge in [-0.15, -0.1) is 10.2 Å². The number of hydrogen-bond donors (Lipinski definition) is 2. The molecule has 2 aromatic heterocycles. The first-order chi connectivity index (χ1) is 7.27. The Kier molecular flexibility index (Phi) is 2.24. The fraction of sp³-hybridized carbons (Fsp3) is 0.222. The van der Waals surface area contributed by atoms with E-state index in [-0.39, 0.29) is 5.84 Å². The lowest BCUT2D eigenvalue weighted by Gasteiger charge is -2.04. The fourth-order valence-corrected chi connectivity index (χ4v) is 1.48. The summed E-state index contributed by atoms with van der Waals surface area (Å²) in [6.07, 6.45) is 0.733. The third-order valence-corrected chi connectivity index (χ3v) is 2.18. The molecule has 0 amide bonds. The molecule has 0 aliphatic heterocycles. The minimum absolute atomic E-state index is 0.0510. The van der Waals surface area contributed by atoms with Crippen molar-refractivity contribution < 1.29 is 5.21 Å². The van der Waals surface area contributed by atoms with Crippen LogP contribution in [0.25, 0.3) is 5.65 Å². The Hall–Kier alpha value is -2.11. The summed E-state index contributed by atoms with van der Waals surface area (Å²) in [5.74, 6) is 0.835. The van der Waals surface area contributed by atoms with E-state index in [2.05, 4.69) is 15.4 Å². The van der Waals surface area contributed by atoms with Crippen molar-refractivity contribution in [2.75, 3.05) is 0 Å². The molecule has 0 aliphatic rings. The number of aromatic nitrogens is 3. The highest BCUT2D eigenvalue weighted by molar-refractivity contribution is 5.96. The number of hydrogen-bond acceptors (Lipinski definition) is 4. The summed E-state index contributed by atoms with van der Waals surface area (Å²) in [6, 6.07) is 5.36. The molecule has 0 radical (unpaired) electrons. The van der Waals surface area contributed by atoms with Crippen LogP contribution in [0.15, 0.2) is 23.4 Å². The summed E-state index contributed by atoms with van der Waals surface area (Å²) in [5.41, 5.74) is 6.85. The van der Waals surface area contributed by atoms with Gasteiger partial charge in [0, 0.05) is 6.42 Å². The molecule has 2 rings (SSSR count). The molecule has 0 fully saturated rings. The van der Waals surface area contributed by atoms with Crippen LogP contribution in [0.4, 0.5) is 0 Å². The number of nitrogens with zero attached hydrogens (tertiary/aromatic N) is 4. The maximum Gasteiger partial charge on any atom is 0.187 e. The average Bonchev–Trinajstić information content (AvgIpc) is 2.70. The number of aryl methyl sites for hydroxylation is 1. The summed E-state index contributed by atoms with van der Waals surface area (Å²) >= 11 is 0.